The van der Waals surface area contributed by atoms with Gasteiger partial charge < -0.3 is 53.5 Å². The monoisotopic (exact) mass is 1100 g/mol. The summed E-state index contributed by atoms with van der Waals surface area (Å²) in [7, 11) is -2.74. The number of rotatable bonds is 25. The third-order valence-corrected chi connectivity index (χ3v) is 19.6. The van der Waals surface area contributed by atoms with Crippen molar-refractivity contribution in [3.63, 3.8) is 0 Å². The second-order valence-electron chi connectivity index (χ2n) is 24.3. The Morgan fingerprint density at radius 1 is 0.962 bits per heavy atom. The highest BCUT2D eigenvalue weighted by Crippen LogP contribution is 2.70. The van der Waals surface area contributed by atoms with Crippen LogP contribution in [0, 0.1) is 34.5 Å². The van der Waals surface area contributed by atoms with Crippen molar-refractivity contribution in [2.45, 2.75) is 153 Å². The molecular formula is C60H87N3O14P+. The van der Waals surface area contributed by atoms with Gasteiger partial charge in [-0.15, -0.1) is 0 Å². The van der Waals surface area contributed by atoms with E-state index >= 15 is 4.79 Å². The number of phosphoric acid groups is 1. The number of ketones is 2. The number of likely N-dealkylation sites (N-methyl/N-ethyl adjacent to an activating group) is 1. The number of amides is 1. The minimum atomic E-state index is -4.80. The molecule has 0 bridgehead atoms. The molecule has 17 nitrogen and oxygen atoms in total. The summed E-state index contributed by atoms with van der Waals surface area (Å²) in [5, 5.41) is 26.9. The van der Waals surface area contributed by atoms with Crippen LogP contribution in [0.25, 0.3) is 0 Å². The summed E-state index contributed by atoms with van der Waals surface area (Å²) < 4.78 is 48.1. The number of carbonyl (C=O) groups excluding carboxylic acids is 3. The lowest BCUT2D eigenvalue weighted by atomic mass is 9.46. The molecule has 2 aliphatic heterocycles. The highest BCUT2D eigenvalue weighted by atomic mass is 31.2. The number of hydrogen-bond acceptors (Lipinski definition) is 13. The number of aryl methyl sites for hydroxylation is 1. The van der Waals surface area contributed by atoms with Crippen LogP contribution in [0.4, 0.5) is 4.79 Å². The standard InChI is InChI=1S/C60H86N3O14P/c1-58-26-25-47(64)35-46(58)22-23-48-49-36-54-60(59(49,2)37-50(65)55(48)58,77-56(76-54)43-19-10-7-11-20-43)53(67)40-73-57(68)62-28-30-63(3,31-29-62)39-45-34-44(21-24-52(45)74-41-75-78(69,70)71)51(66)38-61-27-13-4-5-14-32-72-33-15-12-18-42-16-8-6-9-17-42/h6,8-9,16-17,21,24-26,34-35,43,48-51,54-56,61,65-66H,4-5,7,10-15,18-20,22-23,27-33,36-41H2,1-3H3,(H-,69,70,71)/p+1/t48-,49-,50-,51?,54+,55+,56+,58-,59-,60+/m0/s1. The Balaban J connectivity index is 0.774. The molecule has 78 heavy (non-hydrogen) atoms. The van der Waals surface area contributed by atoms with Crippen molar-refractivity contribution in [1.29, 1.82) is 0 Å². The molecule has 0 aromatic heterocycles. The maximum absolute atomic E-state index is 15.1. The molecule has 0 radical (unpaired) electrons. The minimum Gasteiger partial charge on any atom is -0.466 e. The molecule has 0 spiro atoms. The summed E-state index contributed by atoms with van der Waals surface area (Å²) in [5.41, 5.74) is 1.11. The average molecular weight is 1110 g/mol. The Morgan fingerprint density at radius 3 is 2.46 bits per heavy atom. The fourth-order valence-electron chi connectivity index (χ4n) is 14.9. The van der Waals surface area contributed by atoms with Crippen LogP contribution < -0.4 is 10.1 Å². The number of phosphoric ester groups is 1. The Bertz CT molecular complexity index is 2490. The molecule has 1 amide bonds. The van der Waals surface area contributed by atoms with Crippen LogP contribution in [0.2, 0.25) is 0 Å². The zero-order chi connectivity index (χ0) is 55.1. The summed E-state index contributed by atoms with van der Waals surface area (Å²) in [6, 6.07) is 15.8. The second-order valence-corrected chi connectivity index (χ2v) is 25.6. The predicted molar refractivity (Wildman–Crippen MR) is 292 cm³/mol. The van der Waals surface area contributed by atoms with E-state index in [1.807, 2.05) is 18.2 Å². The van der Waals surface area contributed by atoms with Crippen molar-refractivity contribution in [3.8, 4) is 5.75 Å². The van der Waals surface area contributed by atoms with E-state index in [1.54, 1.807) is 29.2 Å². The summed E-state index contributed by atoms with van der Waals surface area (Å²) in [6.07, 6.45) is 17.1. The van der Waals surface area contributed by atoms with Crippen LogP contribution in [-0.2, 0) is 50.6 Å². The molecule has 6 fully saturated rings. The number of aliphatic hydroxyl groups excluding tert-OH is 2. The molecule has 2 aromatic rings. The fourth-order valence-corrected chi connectivity index (χ4v) is 15.1. The number of piperazine rings is 1. The minimum absolute atomic E-state index is 0.00228. The van der Waals surface area contributed by atoms with Gasteiger partial charge in [-0.3, -0.25) is 14.5 Å². The summed E-state index contributed by atoms with van der Waals surface area (Å²) in [6.45, 7) is 7.81. The largest absolute Gasteiger partial charge is 0.472 e. The van der Waals surface area contributed by atoms with Crippen LogP contribution in [0.3, 0.4) is 0 Å². The molecule has 10 atom stereocenters. The molecular weight excluding hydrogens is 1020 g/mol. The van der Waals surface area contributed by atoms with Crippen LogP contribution in [0.1, 0.15) is 133 Å². The number of quaternary nitrogens is 1. The van der Waals surface area contributed by atoms with Crippen molar-refractivity contribution in [1.82, 2.24) is 10.2 Å². The number of hydrogen-bond donors (Lipinski definition) is 5. The van der Waals surface area contributed by atoms with Gasteiger partial charge in [0.15, 0.2) is 31.1 Å². The van der Waals surface area contributed by atoms with Crippen molar-refractivity contribution in [2.75, 3.05) is 72.9 Å². The first-order valence-electron chi connectivity index (χ1n) is 29.1. The van der Waals surface area contributed by atoms with Gasteiger partial charge in [0.05, 0.1) is 51.5 Å². The lowest BCUT2D eigenvalue weighted by molar-refractivity contribution is -0.926. The maximum Gasteiger partial charge on any atom is 0.472 e. The predicted octanol–water partition coefficient (Wildman–Crippen LogP) is 8.27. The molecule has 430 valence electrons. The van der Waals surface area contributed by atoms with Crippen LogP contribution in [-0.4, -0.2) is 144 Å². The number of fused-ring (bicyclic) bond motifs is 7. The number of nitrogens with one attached hydrogen (secondary N) is 1. The van der Waals surface area contributed by atoms with Crippen molar-refractivity contribution >= 4 is 25.5 Å². The van der Waals surface area contributed by atoms with Gasteiger partial charge in [0.1, 0.15) is 12.3 Å². The zero-order valence-electron chi connectivity index (χ0n) is 46.3. The van der Waals surface area contributed by atoms with Crippen molar-refractivity contribution in [2.24, 2.45) is 34.5 Å². The third kappa shape index (κ3) is 13.2. The first kappa shape index (κ1) is 58.8. The van der Waals surface area contributed by atoms with Gasteiger partial charge in [0, 0.05) is 48.0 Å². The lowest BCUT2D eigenvalue weighted by Gasteiger charge is -2.59. The molecule has 1 unspecified atom stereocenters. The zero-order valence-corrected chi connectivity index (χ0v) is 47.2. The number of nitrogens with zero attached hydrogens (tertiary/aromatic N) is 2. The Labute approximate surface area is 461 Å². The average Bonchev–Trinajstić information content (AvgIpc) is 4.01. The summed E-state index contributed by atoms with van der Waals surface area (Å²) in [5.74, 6) is 0.0848. The number of aliphatic hydroxyl groups is 2. The molecule has 2 aromatic carbocycles. The van der Waals surface area contributed by atoms with E-state index in [4.69, 9.17) is 23.7 Å². The van der Waals surface area contributed by atoms with Crippen LogP contribution in [0.5, 0.6) is 5.75 Å². The van der Waals surface area contributed by atoms with E-state index in [0.29, 0.717) is 73.5 Å². The van der Waals surface area contributed by atoms with E-state index in [2.05, 4.69) is 55.0 Å². The van der Waals surface area contributed by atoms with Crippen LogP contribution >= 0.6 is 7.82 Å². The second kappa shape index (κ2) is 25.5. The maximum atomic E-state index is 15.1. The molecule has 9 rings (SSSR count). The van der Waals surface area contributed by atoms with Gasteiger partial charge >= 0.3 is 13.9 Å². The lowest BCUT2D eigenvalue weighted by Crippen LogP contribution is -2.64. The third-order valence-electron chi connectivity index (χ3n) is 19.1. The molecule has 2 saturated heterocycles. The normalized spacial score (nSPS) is 30.9. The van der Waals surface area contributed by atoms with Gasteiger partial charge in [0.25, 0.3) is 0 Å². The Kier molecular flexibility index (Phi) is 19.2. The first-order chi connectivity index (χ1) is 37.4. The van der Waals surface area contributed by atoms with Gasteiger partial charge in [-0.05, 0) is 124 Å². The SMILES string of the molecule is C[C@]12C=CC(=O)C=C1CC[C@@H]1[C@@H]2[C@@H](O)C[C@@]2(C)[C@H]1C[C@H]1O[C@@H](C3CCCCC3)O[C@]12C(=O)COC(=O)N1CC[N+](C)(Cc2cc(C(O)CNCCCCCCOCCCCc3ccccc3)ccc2OCOP(=O)(O)O)CC1. The molecule has 5 aliphatic carbocycles. The molecule has 18 heteroatoms. The topological polar surface area (TPSA) is 220 Å². The van der Waals surface area contributed by atoms with E-state index in [1.165, 1.54) is 5.56 Å². The highest BCUT2D eigenvalue weighted by Gasteiger charge is 2.76. The first-order valence-corrected chi connectivity index (χ1v) is 30.6. The number of ether oxygens (including phenoxy) is 5. The molecule has 7 aliphatic rings. The van der Waals surface area contributed by atoms with Crippen LogP contribution in [0.15, 0.2) is 72.3 Å². The Morgan fingerprint density at radius 2 is 1.71 bits per heavy atom. The molecule has 5 N–H and O–H groups in total. The number of benzene rings is 2. The van der Waals surface area contributed by atoms with Gasteiger partial charge in [-0.25, -0.2) is 13.9 Å². The molecule has 2 heterocycles. The van der Waals surface area contributed by atoms with E-state index in [0.717, 1.165) is 115 Å². The van der Waals surface area contributed by atoms with Crippen molar-refractivity contribution in [3.05, 3.63) is 89.0 Å². The number of allylic oxidation sites excluding steroid dienone is 4. The Hall–Kier alpha value is -3.84. The van der Waals surface area contributed by atoms with Crippen molar-refractivity contribution < 1.29 is 71.6 Å². The van der Waals surface area contributed by atoms with E-state index in [9.17, 15) is 34.2 Å². The number of unbranched alkanes of at least 4 members (excludes halogenated alkanes) is 4. The van der Waals surface area contributed by atoms with Gasteiger partial charge in [0.2, 0.25) is 5.78 Å². The summed E-state index contributed by atoms with van der Waals surface area (Å²) >= 11 is 0. The number of carbonyl (C=O) groups is 3. The number of Topliss-reactive ketones (excluding diaryl/α,β-unsaturated/α-hetero) is 1. The van der Waals surface area contributed by atoms with Gasteiger partial charge in [-0.2, -0.15) is 0 Å². The fraction of sp³-hybridized carbons (Fsp3) is 0.683. The summed E-state index contributed by atoms with van der Waals surface area (Å²) in [4.78, 5) is 61.9. The highest BCUT2D eigenvalue weighted by molar-refractivity contribution is 7.46. The quantitative estimate of drug-likeness (QED) is 0.0273. The smallest absolute Gasteiger partial charge is 0.466 e. The van der Waals surface area contributed by atoms with Gasteiger partial charge in [-0.1, -0.05) is 94.0 Å². The molecule has 4 saturated carbocycles. The van der Waals surface area contributed by atoms with E-state index < -0.39 is 68.3 Å². The van der Waals surface area contributed by atoms with E-state index in [-0.39, 0.29) is 35.2 Å².